The Morgan fingerprint density at radius 2 is 1.86 bits per heavy atom. The number of aromatic nitrogens is 1. The van der Waals surface area contributed by atoms with Gasteiger partial charge in [-0.15, -0.1) is 0 Å². The number of hydrogen-bond acceptors (Lipinski definition) is 3. The molecule has 0 aliphatic heterocycles. The summed E-state index contributed by atoms with van der Waals surface area (Å²) in [6.07, 6.45) is 1.63. The largest absolute Gasteiger partial charge is 0.484 e. The first-order valence-electron chi connectivity index (χ1n) is 8.59. The van der Waals surface area contributed by atoms with E-state index >= 15 is 0 Å². The number of rotatable bonds is 6. The first-order chi connectivity index (χ1) is 13.4. The van der Waals surface area contributed by atoms with Gasteiger partial charge in [0.05, 0.1) is 6.21 Å². The predicted molar refractivity (Wildman–Crippen MR) is 116 cm³/mol. The minimum atomic E-state index is -0.328. The molecule has 144 valence electrons. The molecule has 1 aromatic heterocycles. The highest BCUT2D eigenvalue weighted by molar-refractivity contribution is 9.10. The van der Waals surface area contributed by atoms with Gasteiger partial charge in [-0.25, -0.2) is 5.43 Å². The number of hydrazone groups is 1. The van der Waals surface area contributed by atoms with Gasteiger partial charge in [-0.05, 0) is 68.4 Å². The van der Waals surface area contributed by atoms with Crippen LogP contribution in [0.5, 0.6) is 5.75 Å². The van der Waals surface area contributed by atoms with Gasteiger partial charge >= 0.3 is 0 Å². The lowest BCUT2D eigenvalue weighted by molar-refractivity contribution is -0.123. The van der Waals surface area contributed by atoms with Crippen molar-refractivity contribution in [2.24, 2.45) is 5.10 Å². The lowest BCUT2D eigenvalue weighted by atomic mass is 10.2. The number of aryl methyl sites for hydroxylation is 1. The van der Waals surface area contributed by atoms with Gasteiger partial charge in [0.25, 0.3) is 5.91 Å². The molecule has 0 aliphatic rings. The Kier molecular flexibility index (Phi) is 6.54. The quantitative estimate of drug-likeness (QED) is 0.414. The lowest BCUT2D eigenvalue weighted by Gasteiger charge is -2.09. The Morgan fingerprint density at radius 1 is 1.18 bits per heavy atom. The normalized spacial score (nSPS) is 11.0. The van der Waals surface area contributed by atoms with Crippen molar-refractivity contribution in [3.8, 4) is 11.4 Å². The topological polar surface area (TPSA) is 55.6 Å². The molecule has 0 aliphatic carbocycles. The summed E-state index contributed by atoms with van der Waals surface area (Å²) in [6.45, 7) is 3.91. The SMILES string of the molecule is Cc1cc(/C=N\NC(=O)COc2ccc(Br)cc2)c(C)n1-c1ccc(Cl)cc1. The minimum absolute atomic E-state index is 0.108. The van der Waals surface area contributed by atoms with Gasteiger partial charge in [-0.3, -0.25) is 4.79 Å². The van der Waals surface area contributed by atoms with Crippen molar-refractivity contribution in [2.75, 3.05) is 6.61 Å². The van der Waals surface area contributed by atoms with Crippen LogP contribution < -0.4 is 10.2 Å². The fourth-order valence-electron chi connectivity index (χ4n) is 2.79. The second kappa shape index (κ2) is 9.08. The smallest absolute Gasteiger partial charge is 0.277 e. The first-order valence-corrected chi connectivity index (χ1v) is 9.76. The Bertz CT molecular complexity index is 996. The zero-order chi connectivity index (χ0) is 20.1. The molecule has 0 saturated carbocycles. The molecule has 28 heavy (non-hydrogen) atoms. The van der Waals surface area contributed by atoms with Crippen LogP contribution in [0.25, 0.3) is 5.69 Å². The molecule has 1 heterocycles. The molecule has 0 radical (unpaired) electrons. The van der Waals surface area contributed by atoms with Gasteiger partial charge in [-0.2, -0.15) is 5.10 Å². The van der Waals surface area contributed by atoms with E-state index in [1.54, 1.807) is 18.3 Å². The summed E-state index contributed by atoms with van der Waals surface area (Å²) in [4.78, 5) is 11.9. The van der Waals surface area contributed by atoms with Crippen molar-refractivity contribution >= 4 is 39.7 Å². The number of benzene rings is 2. The van der Waals surface area contributed by atoms with E-state index in [1.165, 1.54) is 0 Å². The highest BCUT2D eigenvalue weighted by Gasteiger charge is 2.09. The van der Waals surface area contributed by atoms with Crippen LogP contribution in [0.4, 0.5) is 0 Å². The van der Waals surface area contributed by atoms with E-state index in [0.29, 0.717) is 10.8 Å². The predicted octanol–water partition coefficient (Wildman–Crippen LogP) is 5.04. The molecule has 3 aromatic rings. The Hall–Kier alpha value is -2.57. The summed E-state index contributed by atoms with van der Waals surface area (Å²) in [5.41, 5.74) is 6.50. The fourth-order valence-corrected chi connectivity index (χ4v) is 3.18. The molecule has 0 spiro atoms. The van der Waals surface area contributed by atoms with Gasteiger partial charge in [-0.1, -0.05) is 27.5 Å². The minimum Gasteiger partial charge on any atom is -0.484 e. The van der Waals surface area contributed by atoms with Crippen molar-refractivity contribution in [3.05, 3.63) is 81.0 Å². The van der Waals surface area contributed by atoms with Crippen LogP contribution in [0.2, 0.25) is 5.02 Å². The zero-order valence-corrected chi connectivity index (χ0v) is 17.8. The molecule has 5 nitrogen and oxygen atoms in total. The summed E-state index contributed by atoms with van der Waals surface area (Å²) >= 11 is 9.32. The van der Waals surface area contributed by atoms with E-state index in [2.05, 4.69) is 31.0 Å². The number of hydrogen-bond donors (Lipinski definition) is 1. The van der Waals surface area contributed by atoms with Crippen molar-refractivity contribution in [2.45, 2.75) is 13.8 Å². The summed E-state index contributed by atoms with van der Waals surface area (Å²) in [7, 11) is 0. The molecule has 0 atom stereocenters. The molecule has 1 amide bonds. The highest BCUT2D eigenvalue weighted by atomic mass is 79.9. The van der Waals surface area contributed by atoms with Crippen molar-refractivity contribution in [3.63, 3.8) is 0 Å². The molecule has 2 aromatic carbocycles. The Balaban J connectivity index is 1.61. The summed E-state index contributed by atoms with van der Waals surface area (Å²) < 4.78 is 8.47. The maximum absolute atomic E-state index is 11.9. The number of ether oxygens (including phenoxy) is 1. The second-order valence-corrected chi connectivity index (χ2v) is 7.53. The number of amides is 1. The van der Waals surface area contributed by atoms with Crippen LogP contribution in [0.1, 0.15) is 17.0 Å². The lowest BCUT2D eigenvalue weighted by Crippen LogP contribution is -2.24. The van der Waals surface area contributed by atoms with Crippen molar-refractivity contribution in [1.29, 1.82) is 0 Å². The standard InChI is InChI=1S/C21H19BrClN3O2/c1-14-11-16(15(2)26(14)19-7-5-18(23)6-8-19)12-24-25-21(27)13-28-20-9-3-17(22)4-10-20/h3-12H,13H2,1-2H3,(H,25,27)/b24-12-. The molecule has 3 rings (SSSR count). The van der Waals surface area contributed by atoms with Crippen LogP contribution >= 0.6 is 27.5 Å². The third-order valence-electron chi connectivity index (χ3n) is 4.13. The van der Waals surface area contributed by atoms with Crippen LogP contribution in [-0.4, -0.2) is 23.3 Å². The third-order valence-corrected chi connectivity index (χ3v) is 4.91. The van der Waals surface area contributed by atoms with Gasteiger partial charge in [0.1, 0.15) is 5.75 Å². The van der Waals surface area contributed by atoms with E-state index in [4.69, 9.17) is 16.3 Å². The summed E-state index contributed by atoms with van der Waals surface area (Å²) in [5, 5.41) is 4.74. The first kappa shape index (κ1) is 20.2. The number of halogens is 2. The average Bonchev–Trinajstić information content (AvgIpc) is 2.96. The van der Waals surface area contributed by atoms with Gasteiger partial charge in [0.2, 0.25) is 0 Å². The van der Waals surface area contributed by atoms with E-state index in [-0.39, 0.29) is 12.5 Å². The molecule has 0 saturated heterocycles. The van der Waals surface area contributed by atoms with Crippen LogP contribution in [-0.2, 0) is 4.79 Å². The number of carbonyl (C=O) groups is 1. The molecular formula is C21H19BrClN3O2. The molecule has 0 bridgehead atoms. The maximum atomic E-state index is 11.9. The van der Waals surface area contributed by atoms with E-state index in [1.807, 2.05) is 56.3 Å². The Morgan fingerprint density at radius 3 is 2.54 bits per heavy atom. The molecule has 1 N–H and O–H groups in total. The zero-order valence-electron chi connectivity index (χ0n) is 15.4. The van der Waals surface area contributed by atoms with E-state index in [0.717, 1.165) is 27.1 Å². The van der Waals surface area contributed by atoms with Gasteiger partial charge in [0.15, 0.2) is 6.61 Å². The fraction of sp³-hybridized carbons (Fsp3) is 0.143. The van der Waals surface area contributed by atoms with E-state index < -0.39 is 0 Å². The molecule has 0 unspecified atom stereocenters. The number of nitrogens with one attached hydrogen (secondary N) is 1. The number of carbonyl (C=O) groups excluding carboxylic acids is 1. The summed E-state index contributed by atoms with van der Waals surface area (Å²) in [5.74, 6) is 0.291. The van der Waals surface area contributed by atoms with Crippen molar-refractivity contribution in [1.82, 2.24) is 9.99 Å². The van der Waals surface area contributed by atoms with E-state index in [9.17, 15) is 4.79 Å². The van der Waals surface area contributed by atoms with Gasteiger partial charge < -0.3 is 9.30 Å². The monoisotopic (exact) mass is 459 g/mol. The summed E-state index contributed by atoms with van der Waals surface area (Å²) in [6, 6.07) is 16.9. The third kappa shape index (κ3) is 5.03. The van der Waals surface area contributed by atoms with Crippen LogP contribution in [0.3, 0.4) is 0 Å². The van der Waals surface area contributed by atoms with Crippen LogP contribution in [0.15, 0.2) is 64.2 Å². The molecule has 0 fully saturated rings. The second-order valence-electron chi connectivity index (χ2n) is 6.17. The van der Waals surface area contributed by atoms with Crippen LogP contribution in [0, 0.1) is 13.8 Å². The van der Waals surface area contributed by atoms with Crippen molar-refractivity contribution < 1.29 is 9.53 Å². The average molecular weight is 461 g/mol. The highest BCUT2D eigenvalue weighted by Crippen LogP contribution is 2.21. The van der Waals surface area contributed by atoms with Gasteiger partial charge in [0, 0.05) is 32.1 Å². The number of nitrogens with zero attached hydrogens (tertiary/aromatic N) is 2. The maximum Gasteiger partial charge on any atom is 0.277 e. The molecule has 7 heteroatoms. The Labute approximate surface area is 177 Å². The molecular weight excluding hydrogens is 442 g/mol.